The molecule has 2 amide bonds. The molecule has 0 saturated heterocycles. The summed E-state index contributed by atoms with van der Waals surface area (Å²) in [6.07, 6.45) is 2.45. The Labute approximate surface area is 205 Å². The highest BCUT2D eigenvalue weighted by atomic mass is 16.5. The van der Waals surface area contributed by atoms with Crippen molar-refractivity contribution in [2.75, 3.05) is 27.8 Å². The molecule has 1 aliphatic carbocycles. The number of esters is 1. The van der Waals surface area contributed by atoms with E-state index in [-0.39, 0.29) is 42.2 Å². The Hall–Kier alpha value is -3.88. The van der Waals surface area contributed by atoms with Crippen molar-refractivity contribution in [3.63, 3.8) is 0 Å². The number of nitrogens with two attached hydrogens (primary N) is 1. The number of benzene rings is 2. The van der Waals surface area contributed by atoms with Gasteiger partial charge in [0.15, 0.2) is 6.61 Å². The lowest BCUT2D eigenvalue weighted by Crippen LogP contribution is -2.39. The van der Waals surface area contributed by atoms with Crippen molar-refractivity contribution in [3.05, 3.63) is 53.6 Å². The van der Waals surface area contributed by atoms with Crippen molar-refractivity contribution < 1.29 is 23.9 Å². The molecule has 0 bridgehead atoms. The average molecular weight is 481 g/mol. The summed E-state index contributed by atoms with van der Waals surface area (Å²) in [6, 6.07) is 12.6. The minimum absolute atomic E-state index is 0.00335. The van der Waals surface area contributed by atoms with Crippen molar-refractivity contribution in [1.82, 2.24) is 10.2 Å². The smallest absolute Gasteiger partial charge is 0.309 e. The van der Waals surface area contributed by atoms with Gasteiger partial charge in [0.25, 0.3) is 11.8 Å². The standard InChI is InChI=1S/C26H32N4O5/c1-30(2)23(31)15-35-26(33)18-8-11-20(12-9-18)29-25(32)21-14-19(10-13-22(21)34-3)16-4-6-17(7-5-16)24(27)28/h4-7,10,13-14,18,20H,8-9,11-12,15H2,1-3H3,(H3,27,28)(H,29,32). The molecule has 1 saturated carbocycles. The third kappa shape index (κ3) is 6.59. The molecular weight excluding hydrogens is 448 g/mol. The number of nitrogens with zero attached hydrogens (tertiary/aromatic N) is 1. The van der Waals surface area contributed by atoms with Gasteiger partial charge in [-0.2, -0.15) is 0 Å². The van der Waals surface area contributed by atoms with Crippen molar-refractivity contribution in [3.8, 4) is 16.9 Å². The molecule has 0 heterocycles. The first kappa shape index (κ1) is 25.7. The number of rotatable bonds is 8. The predicted octanol–water partition coefficient (Wildman–Crippen LogP) is 2.57. The fraction of sp³-hybridized carbons (Fsp3) is 0.385. The second-order valence-electron chi connectivity index (χ2n) is 8.82. The summed E-state index contributed by atoms with van der Waals surface area (Å²) in [6.45, 7) is -0.254. The maximum atomic E-state index is 13.1. The zero-order valence-electron chi connectivity index (χ0n) is 20.3. The summed E-state index contributed by atoms with van der Waals surface area (Å²) in [7, 11) is 4.74. The Kier molecular flexibility index (Phi) is 8.46. The lowest BCUT2D eigenvalue weighted by Gasteiger charge is -2.28. The number of carbonyl (C=O) groups excluding carboxylic acids is 3. The summed E-state index contributed by atoms with van der Waals surface area (Å²) >= 11 is 0. The van der Waals surface area contributed by atoms with Gasteiger partial charge in [-0.3, -0.25) is 19.8 Å². The Morgan fingerprint density at radius 3 is 2.23 bits per heavy atom. The van der Waals surface area contributed by atoms with Crippen LogP contribution in [0.2, 0.25) is 0 Å². The number of nitrogen functional groups attached to an aromatic ring is 1. The third-order valence-corrected chi connectivity index (χ3v) is 6.21. The molecule has 186 valence electrons. The maximum absolute atomic E-state index is 13.1. The van der Waals surface area contributed by atoms with Gasteiger partial charge >= 0.3 is 5.97 Å². The normalized spacial score (nSPS) is 17.2. The first-order chi connectivity index (χ1) is 16.7. The molecule has 0 unspecified atom stereocenters. The molecule has 0 atom stereocenters. The molecule has 0 spiro atoms. The van der Waals surface area contributed by atoms with Gasteiger partial charge in [-0.1, -0.05) is 30.3 Å². The number of nitrogens with one attached hydrogen (secondary N) is 2. The van der Waals surface area contributed by atoms with E-state index >= 15 is 0 Å². The second-order valence-corrected chi connectivity index (χ2v) is 8.82. The number of likely N-dealkylation sites (N-methyl/N-ethyl adjacent to an activating group) is 1. The largest absolute Gasteiger partial charge is 0.496 e. The first-order valence-electron chi connectivity index (χ1n) is 11.5. The van der Waals surface area contributed by atoms with E-state index in [1.54, 1.807) is 38.4 Å². The molecule has 2 aromatic rings. The van der Waals surface area contributed by atoms with E-state index in [1.807, 2.05) is 18.2 Å². The number of amides is 2. The molecule has 1 aliphatic rings. The molecule has 9 nitrogen and oxygen atoms in total. The van der Waals surface area contributed by atoms with Crippen LogP contribution in [0.25, 0.3) is 11.1 Å². The zero-order valence-corrected chi connectivity index (χ0v) is 20.3. The van der Waals surface area contributed by atoms with Crippen LogP contribution in [-0.2, 0) is 14.3 Å². The third-order valence-electron chi connectivity index (χ3n) is 6.21. The first-order valence-corrected chi connectivity index (χ1v) is 11.5. The lowest BCUT2D eigenvalue weighted by molar-refractivity contribution is -0.155. The van der Waals surface area contributed by atoms with Crippen molar-refractivity contribution in [2.45, 2.75) is 31.7 Å². The number of hydrogen-bond donors (Lipinski definition) is 3. The minimum atomic E-state index is -0.366. The van der Waals surface area contributed by atoms with Crippen LogP contribution in [0.1, 0.15) is 41.6 Å². The average Bonchev–Trinajstić information content (AvgIpc) is 2.87. The van der Waals surface area contributed by atoms with Crippen LogP contribution in [0.15, 0.2) is 42.5 Å². The number of ether oxygens (including phenoxy) is 2. The topological polar surface area (TPSA) is 135 Å². The Balaban J connectivity index is 1.61. The second kappa shape index (κ2) is 11.5. The van der Waals surface area contributed by atoms with Crippen LogP contribution in [0.3, 0.4) is 0 Å². The fourth-order valence-electron chi connectivity index (χ4n) is 4.02. The van der Waals surface area contributed by atoms with Crippen molar-refractivity contribution >= 4 is 23.6 Å². The summed E-state index contributed by atoms with van der Waals surface area (Å²) in [4.78, 5) is 38.4. The molecule has 0 aliphatic heterocycles. The van der Waals surface area contributed by atoms with Crippen molar-refractivity contribution in [1.29, 1.82) is 5.41 Å². The number of hydrogen-bond acceptors (Lipinski definition) is 6. The van der Waals surface area contributed by atoms with E-state index in [0.29, 0.717) is 42.6 Å². The van der Waals surface area contributed by atoms with Gasteiger partial charge in [0.05, 0.1) is 18.6 Å². The fourth-order valence-corrected chi connectivity index (χ4v) is 4.02. The minimum Gasteiger partial charge on any atom is -0.496 e. The monoisotopic (exact) mass is 480 g/mol. The van der Waals surface area contributed by atoms with Crippen LogP contribution in [0.4, 0.5) is 0 Å². The van der Waals surface area contributed by atoms with Gasteiger partial charge in [-0.25, -0.2) is 0 Å². The molecule has 4 N–H and O–H groups in total. The zero-order chi connectivity index (χ0) is 25.5. The Morgan fingerprint density at radius 1 is 1.03 bits per heavy atom. The van der Waals surface area contributed by atoms with Crippen LogP contribution in [0, 0.1) is 11.3 Å². The Morgan fingerprint density at radius 2 is 1.66 bits per heavy atom. The highest BCUT2D eigenvalue weighted by Gasteiger charge is 2.29. The Bertz CT molecular complexity index is 1090. The quantitative estimate of drug-likeness (QED) is 0.302. The summed E-state index contributed by atoms with van der Waals surface area (Å²) in [5.41, 5.74) is 8.30. The molecule has 9 heteroatoms. The SMILES string of the molecule is COc1ccc(-c2ccc(C(=N)N)cc2)cc1C(=O)NC1CCC(C(=O)OCC(=O)N(C)C)CC1. The van der Waals surface area contributed by atoms with E-state index in [4.69, 9.17) is 20.6 Å². The molecule has 1 fully saturated rings. The number of amidine groups is 1. The van der Waals surface area contributed by atoms with Crippen LogP contribution >= 0.6 is 0 Å². The van der Waals surface area contributed by atoms with E-state index in [2.05, 4.69) is 5.32 Å². The van der Waals surface area contributed by atoms with E-state index < -0.39 is 0 Å². The molecule has 0 aromatic heterocycles. The van der Waals surface area contributed by atoms with Gasteiger partial charge < -0.3 is 25.4 Å². The molecular formula is C26H32N4O5. The molecule has 35 heavy (non-hydrogen) atoms. The summed E-state index contributed by atoms with van der Waals surface area (Å²) < 4.78 is 10.6. The summed E-state index contributed by atoms with van der Waals surface area (Å²) in [5, 5.41) is 10.6. The summed E-state index contributed by atoms with van der Waals surface area (Å²) in [5.74, 6) is -0.674. The lowest BCUT2D eigenvalue weighted by atomic mass is 9.86. The maximum Gasteiger partial charge on any atom is 0.309 e. The molecule has 3 rings (SSSR count). The van der Waals surface area contributed by atoms with Crippen LogP contribution in [0.5, 0.6) is 5.75 Å². The van der Waals surface area contributed by atoms with Gasteiger partial charge in [0.1, 0.15) is 11.6 Å². The van der Waals surface area contributed by atoms with Crippen molar-refractivity contribution in [2.24, 2.45) is 11.7 Å². The number of methoxy groups -OCH3 is 1. The van der Waals surface area contributed by atoms with E-state index in [0.717, 1.165) is 11.1 Å². The van der Waals surface area contributed by atoms with Crippen LogP contribution < -0.4 is 15.8 Å². The highest BCUT2D eigenvalue weighted by molar-refractivity contribution is 5.99. The van der Waals surface area contributed by atoms with Gasteiger partial charge in [-0.15, -0.1) is 0 Å². The number of carbonyl (C=O) groups is 3. The highest BCUT2D eigenvalue weighted by Crippen LogP contribution is 2.29. The molecule has 0 radical (unpaired) electrons. The van der Waals surface area contributed by atoms with Crippen LogP contribution in [-0.4, -0.2) is 62.4 Å². The van der Waals surface area contributed by atoms with Gasteiger partial charge in [-0.05, 0) is 48.9 Å². The van der Waals surface area contributed by atoms with E-state index in [1.165, 1.54) is 12.0 Å². The van der Waals surface area contributed by atoms with Gasteiger partial charge in [0, 0.05) is 25.7 Å². The predicted molar refractivity (Wildman–Crippen MR) is 132 cm³/mol. The van der Waals surface area contributed by atoms with E-state index in [9.17, 15) is 14.4 Å². The van der Waals surface area contributed by atoms with Gasteiger partial charge in [0.2, 0.25) is 0 Å². The molecule has 2 aromatic carbocycles.